The van der Waals surface area contributed by atoms with Crippen molar-refractivity contribution in [2.45, 2.75) is 57.0 Å². The van der Waals surface area contributed by atoms with Crippen molar-refractivity contribution in [1.82, 2.24) is 10.2 Å². The molecule has 0 spiro atoms. The van der Waals surface area contributed by atoms with Crippen molar-refractivity contribution in [2.24, 2.45) is 5.92 Å². The molecule has 6 heteroatoms. The van der Waals surface area contributed by atoms with E-state index in [4.69, 9.17) is 4.74 Å². The lowest BCUT2D eigenvalue weighted by molar-refractivity contribution is -0.152. The maximum atomic E-state index is 12.8. The zero-order valence-electron chi connectivity index (χ0n) is 15.9. The fraction of sp³-hybridized carbons (Fsp3) is 0.571. The quantitative estimate of drug-likeness (QED) is 0.776. The van der Waals surface area contributed by atoms with Crippen molar-refractivity contribution >= 4 is 17.8 Å². The number of nitrogens with one attached hydrogen (secondary N) is 1. The minimum absolute atomic E-state index is 0.0696. The van der Waals surface area contributed by atoms with Crippen molar-refractivity contribution in [3.63, 3.8) is 0 Å². The predicted molar refractivity (Wildman–Crippen MR) is 101 cm³/mol. The highest BCUT2D eigenvalue weighted by molar-refractivity contribution is 5.86. The average molecular weight is 372 g/mol. The fourth-order valence-electron chi connectivity index (χ4n) is 4.45. The van der Waals surface area contributed by atoms with E-state index in [1.165, 1.54) is 7.11 Å². The predicted octanol–water partition coefficient (Wildman–Crippen LogP) is 2.07. The molecule has 0 aromatic heterocycles. The van der Waals surface area contributed by atoms with Crippen LogP contribution in [0.1, 0.15) is 44.1 Å². The Bertz CT molecular complexity index is 676. The lowest BCUT2D eigenvalue weighted by Gasteiger charge is -2.33. The Kier molecular flexibility index (Phi) is 6.48. The van der Waals surface area contributed by atoms with Crippen LogP contribution in [0.2, 0.25) is 0 Å². The molecule has 6 nitrogen and oxygen atoms in total. The molecule has 3 unspecified atom stereocenters. The first-order valence-electron chi connectivity index (χ1n) is 9.79. The number of hydrogen-bond acceptors (Lipinski definition) is 4. The highest BCUT2D eigenvalue weighted by Crippen LogP contribution is 2.40. The molecule has 1 saturated carbocycles. The summed E-state index contributed by atoms with van der Waals surface area (Å²) >= 11 is 0. The molecular formula is C21H28N2O4. The van der Waals surface area contributed by atoms with Crippen molar-refractivity contribution in [3.8, 4) is 0 Å². The Labute approximate surface area is 160 Å². The second-order valence-corrected chi connectivity index (χ2v) is 7.45. The fourth-order valence-corrected chi connectivity index (χ4v) is 4.45. The number of rotatable bonds is 6. The van der Waals surface area contributed by atoms with Crippen LogP contribution in [0.3, 0.4) is 0 Å². The van der Waals surface area contributed by atoms with Gasteiger partial charge in [0.25, 0.3) is 0 Å². The van der Waals surface area contributed by atoms with Gasteiger partial charge in [-0.15, -0.1) is 0 Å². The van der Waals surface area contributed by atoms with Crippen LogP contribution in [0.25, 0.3) is 0 Å². The Hall–Kier alpha value is -2.37. The number of fused-ring (bicyclic) bond motifs is 1. The normalized spacial score (nSPS) is 24.2. The number of nitrogens with zero attached hydrogens (tertiary/aromatic N) is 1. The second kappa shape index (κ2) is 9.02. The van der Waals surface area contributed by atoms with Gasteiger partial charge in [0, 0.05) is 19.0 Å². The molecule has 1 aromatic carbocycles. The molecule has 3 rings (SSSR count). The molecule has 0 bridgehead atoms. The van der Waals surface area contributed by atoms with E-state index in [1.807, 2.05) is 30.3 Å². The molecule has 2 aliphatic rings. The Morgan fingerprint density at radius 2 is 1.89 bits per heavy atom. The summed E-state index contributed by atoms with van der Waals surface area (Å²) in [7, 11) is 1.37. The van der Waals surface area contributed by atoms with E-state index < -0.39 is 6.04 Å². The van der Waals surface area contributed by atoms with Crippen LogP contribution >= 0.6 is 0 Å². The molecule has 1 aliphatic carbocycles. The maximum Gasteiger partial charge on any atom is 0.328 e. The molecule has 1 aliphatic heterocycles. The highest BCUT2D eigenvalue weighted by Gasteiger charge is 2.47. The van der Waals surface area contributed by atoms with Crippen molar-refractivity contribution in [1.29, 1.82) is 0 Å². The molecule has 1 saturated heterocycles. The zero-order chi connectivity index (χ0) is 19.2. The third-order valence-corrected chi connectivity index (χ3v) is 5.72. The number of benzene rings is 1. The van der Waals surface area contributed by atoms with Crippen LogP contribution < -0.4 is 5.32 Å². The smallest absolute Gasteiger partial charge is 0.328 e. The molecule has 2 amide bonds. The first kappa shape index (κ1) is 19.4. The molecule has 1 N–H and O–H groups in total. The van der Waals surface area contributed by atoms with E-state index in [9.17, 15) is 14.4 Å². The van der Waals surface area contributed by atoms with Gasteiger partial charge in [0.15, 0.2) is 0 Å². The summed E-state index contributed by atoms with van der Waals surface area (Å²) in [5, 5.41) is 2.81. The Morgan fingerprint density at radius 1 is 1.15 bits per heavy atom. The van der Waals surface area contributed by atoms with Crippen LogP contribution in [-0.2, 0) is 25.5 Å². The van der Waals surface area contributed by atoms with Gasteiger partial charge in [0.05, 0.1) is 13.5 Å². The van der Waals surface area contributed by atoms with Crippen LogP contribution in [0.4, 0.5) is 0 Å². The van der Waals surface area contributed by atoms with Gasteiger partial charge in [0.2, 0.25) is 11.8 Å². The zero-order valence-corrected chi connectivity index (χ0v) is 15.9. The molecule has 1 aromatic rings. The number of ether oxygens (including phenoxy) is 1. The van der Waals surface area contributed by atoms with Crippen LogP contribution in [-0.4, -0.2) is 48.4 Å². The number of methoxy groups -OCH3 is 1. The first-order chi connectivity index (χ1) is 13.1. The third-order valence-electron chi connectivity index (χ3n) is 5.72. The largest absolute Gasteiger partial charge is 0.467 e. The third kappa shape index (κ3) is 4.67. The highest BCUT2D eigenvalue weighted by atomic mass is 16.5. The Balaban J connectivity index is 1.53. The minimum Gasteiger partial charge on any atom is -0.467 e. The van der Waals surface area contributed by atoms with Gasteiger partial charge in [-0.3, -0.25) is 9.59 Å². The van der Waals surface area contributed by atoms with E-state index in [0.29, 0.717) is 18.8 Å². The second-order valence-electron chi connectivity index (χ2n) is 7.45. The van der Waals surface area contributed by atoms with Gasteiger partial charge in [-0.2, -0.15) is 0 Å². The summed E-state index contributed by atoms with van der Waals surface area (Å²) in [6, 6.07) is 9.16. The number of carbonyl (C=O) groups is 3. The lowest BCUT2D eigenvalue weighted by Crippen LogP contribution is -2.47. The van der Waals surface area contributed by atoms with Crippen molar-refractivity contribution in [3.05, 3.63) is 35.9 Å². The van der Waals surface area contributed by atoms with Gasteiger partial charge in [-0.05, 0) is 30.7 Å². The summed E-state index contributed by atoms with van der Waals surface area (Å²) in [5.41, 5.74) is 0.941. The van der Waals surface area contributed by atoms with E-state index >= 15 is 0 Å². The monoisotopic (exact) mass is 372 g/mol. The van der Waals surface area contributed by atoms with Crippen molar-refractivity contribution in [2.75, 3.05) is 13.7 Å². The van der Waals surface area contributed by atoms with Gasteiger partial charge in [-0.25, -0.2) is 4.79 Å². The first-order valence-corrected chi connectivity index (χ1v) is 9.79. The van der Waals surface area contributed by atoms with E-state index in [2.05, 4.69) is 5.32 Å². The SMILES string of the molecule is COC(=O)C1CC2CCCCC2N1C(=O)CCNC(=O)Cc1ccccc1. The molecule has 3 atom stereocenters. The standard InChI is InChI=1S/C21H28N2O4/c1-27-21(26)18-14-16-9-5-6-10-17(16)23(18)20(25)11-12-22-19(24)13-15-7-3-2-4-8-15/h2-4,7-8,16-18H,5-6,9-14H2,1H3,(H,22,24). The summed E-state index contributed by atoms with van der Waals surface area (Å²) in [6.07, 6.45) is 5.47. The number of likely N-dealkylation sites (tertiary alicyclic amines) is 1. The van der Waals surface area contributed by atoms with Gasteiger partial charge >= 0.3 is 5.97 Å². The molecule has 2 fully saturated rings. The van der Waals surface area contributed by atoms with E-state index in [-0.39, 0.29) is 36.8 Å². The summed E-state index contributed by atoms with van der Waals surface area (Å²) in [5.74, 6) is -0.111. The maximum absolute atomic E-state index is 12.8. The molecule has 27 heavy (non-hydrogen) atoms. The van der Waals surface area contributed by atoms with E-state index in [1.54, 1.807) is 4.90 Å². The molecule has 1 heterocycles. The summed E-state index contributed by atoms with van der Waals surface area (Å²) < 4.78 is 4.93. The van der Waals surface area contributed by atoms with Crippen LogP contribution in [0, 0.1) is 5.92 Å². The molecule has 0 radical (unpaired) electrons. The van der Waals surface area contributed by atoms with Crippen LogP contribution in [0.15, 0.2) is 30.3 Å². The van der Waals surface area contributed by atoms with E-state index in [0.717, 1.165) is 31.2 Å². The number of amides is 2. The van der Waals surface area contributed by atoms with Crippen molar-refractivity contribution < 1.29 is 19.1 Å². The number of carbonyl (C=O) groups excluding carboxylic acids is 3. The van der Waals surface area contributed by atoms with Gasteiger partial charge < -0.3 is 15.0 Å². The lowest BCUT2D eigenvalue weighted by atomic mass is 9.84. The average Bonchev–Trinajstić information content (AvgIpc) is 3.07. The number of esters is 1. The molecule has 146 valence electrons. The topological polar surface area (TPSA) is 75.7 Å². The summed E-state index contributed by atoms with van der Waals surface area (Å²) in [4.78, 5) is 38.8. The molecular weight excluding hydrogens is 344 g/mol. The minimum atomic E-state index is -0.476. The number of hydrogen-bond donors (Lipinski definition) is 1. The van der Waals surface area contributed by atoms with Crippen LogP contribution in [0.5, 0.6) is 0 Å². The van der Waals surface area contributed by atoms with Gasteiger partial charge in [0.1, 0.15) is 6.04 Å². The Morgan fingerprint density at radius 3 is 2.63 bits per heavy atom. The summed E-state index contributed by atoms with van der Waals surface area (Å²) in [6.45, 7) is 0.284. The van der Waals surface area contributed by atoms with Gasteiger partial charge in [-0.1, -0.05) is 43.2 Å².